The molecular formula is C14H24N2O2. The van der Waals surface area contributed by atoms with E-state index in [1.165, 1.54) is 9.36 Å². The third-order valence-corrected chi connectivity index (χ3v) is 3.22. The summed E-state index contributed by atoms with van der Waals surface area (Å²) in [6.45, 7) is 11.8. The second-order valence-electron chi connectivity index (χ2n) is 6.91. The summed E-state index contributed by atoms with van der Waals surface area (Å²) in [6, 6.07) is 0. The molecule has 1 aromatic rings. The van der Waals surface area contributed by atoms with E-state index >= 15 is 0 Å². The molecule has 0 bridgehead atoms. The zero-order valence-corrected chi connectivity index (χ0v) is 12.7. The van der Waals surface area contributed by atoms with Crippen molar-refractivity contribution in [2.75, 3.05) is 0 Å². The van der Waals surface area contributed by atoms with Gasteiger partial charge in [-0.1, -0.05) is 41.5 Å². The summed E-state index contributed by atoms with van der Waals surface area (Å²) in [4.78, 5) is 24.9. The van der Waals surface area contributed by atoms with Crippen molar-refractivity contribution >= 4 is 0 Å². The van der Waals surface area contributed by atoms with Gasteiger partial charge in [0.2, 0.25) is 0 Å². The van der Waals surface area contributed by atoms with Crippen LogP contribution in [0.5, 0.6) is 0 Å². The molecule has 4 nitrogen and oxygen atoms in total. The van der Waals surface area contributed by atoms with Gasteiger partial charge in [-0.05, 0) is 10.8 Å². The SMILES string of the molecule is Cn1c(=O)c(C(C)(C)C)c(C(C)(C)C)c(=O)n1C. The van der Waals surface area contributed by atoms with Gasteiger partial charge in [-0.2, -0.15) is 0 Å². The summed E-state index contributed by atoms with van der Waals surface area (Å²) in [5, 5.41) is 0. The lowest BCUT2D eigenvalue weighted by molar-refractivity contribution is 0.454. The van der Waals surface area contributed by atoms with Gasteiger partial charge in [0, 0.05) is 25.2 Å². The molecule has 1 heterocycles. The van der Waals surface area contributed by atoms with E-state index in [9.17, 15) is 9.59 Å². The molecule has 0 spiro atoms. The predicted molar refractivity (Wildman–Crippen MR) is 74.3 cm³/mol. The Kier molecular flexibility index (Phi) is 3.36. The molecule has 0 aromatic carbocycles. The predicted octanol–water partition coefficient (Wildman–Crippen LogP) is 1.68. The van der Waals surface area contributed by atoms with Gasteiger partial charge in [-0.25, -0.2) is 0 Å². The van der Waals surface area contributed by atoms with Crippen LogP contribution in [0.4, 0.5) is 0 Å². The highest BCUT2D eigenvalue weighted by molar-refractivity contribution is 5.34. The Balaban J connectivity index is 4.03. The van der Waals surface area contributed by atoms with Crippen molar-refractivity contribution in [3.63, 3.8) is 0 Å². The third-order valence-electron chi connectivity index (χ3n) is 3.22. The molecule has 0 radical (unpaired) electrons. The summed E-state index contributed by atoms with van der Waals surface area (Å²) >= 11 is 0. The molecule has 0 unspecified atom stereocenters. The Morgan fingerprint density at radius 3 is 1.06 bits per heavy atom. The fourth-order valence-electron chi connectivity index (χ4n) is 2.20. The lowest BCUT2D eigenvalue weighted by Crippen LogP contribution is -2.46. The molecule has 18 heavy (non-hydrogen) atoms. The summed E-state index contributed by atoms with van der Waals surface area (Å²) in [5.74, 6) is 0. The highest BCUT2D eigenvalue weighted by Gasteiger charge is 2.32. The average molecular weight is 252 g/mol. The highest BCUT2D eigenvalue weighted by Crippen LogP contribution is 2.28. The minimum absolute atomic E-state index is 0.0884. The van der Waals surface area contributed by atoms with Crippen LogP contribution in [0.3, 0.4) is 0 Å². The van der Waals surface area contributed by atoms with E-state index in [4.69, 9.17) is 0 Å². The van der Waals surface area contributed by atoms with Gasteiger partial charge in [-0.15, -0.1) is 0 Å². The van der Waals surface area contributed by atoms with E-state index in [1.807, 2.05) is 41.5 Å². The lowest BCUT2D eigenvalue weighted by atomic mass is 9.76. The number of rotatable bonds is 0. The fourth-order valence-corrected chi connectivity index (χ4v) is 2.20. The maximum atomic E-state index is 12.5. The first kappa shape index (κ1) is 14.7. The van der Waals surface area contributed by atoms with Crippen molar-refractivity contribution in [3.05, 3.63) is 31.8 Å². The quantitative estimate of drug-likeness (QED) is 0.705. The second-order valence-corrected chi connectivity index (χ2v) is 6.91. The Hall–Kier alpha value is -1.32. The van der Waals surface area contributed by atoms with Crippen LogP contribution in [-0.2, 0) is 24.9 Å². The summed E-state index contributed by atoms with van der Waals surface area (Å²) in [5.41, 5.74) is 0.390. The van der Waals surface area contributed by atoms with Gasteiger partial charge in [0.25, 0.3) is 11.1 Å². The van der Waals surface area contributed by atoms with Crippen molar-refractivity contribution in [2.45, 2.75) is 52.4 Å². The van der Waals surface area contributed by atoms with Crippen LogP contribution in [-0.4, -0.2) is 9.36 Å². The average Bonchev–Trinajstić information content (AvgIpc) is 2.16. The van der Waals surface area contributed by atoms with Crippen LogP contribution in [0.25, 0.3) is 0 Å². The summed E-state index contributed by atoms with van der Waals surface area (Å²) in [6.07, 6.45) is 0. The number of hydrogen-bond acceptors (Lipinski definition) is 2. The van der Waals surface area contributed by atoms with Gasteiger partial charge in [-0.3, -0.25) is 19.0 Å². The standard InChI is InChI=1S/C14H24N2O2/c1-13(2,3)9-10(14(4,5)6)12(18)16(8)15(7)11(9)17/h1-8H3. The van der Waals surface area contributed by atoms with Gasteiger partial charge < -0.3 is 0 Å². The number of nitrogens with zero attached hydrogens (tertiary/aromatic N) is 2. The van der Waals surface area contributed by atoms with E-state index < -0.39 is 0 Å². The molecule has 0 atom stereocenters. The first-order valence-electron chi connectivity index (χ1n) is 6.20. The summed E-state index contributed by atoms with van der Waals surface area (Å²) in [7, 11) is 3.26. The van der Waals surface area contributed by atoms with Crippen LogP contribution < -0.4 is 11.1 Å². The number of hydrogen-bond donors (Lipinski definition) is 0. The van der Waals surface area contributed by atoms with Gasteiger partial charge >= 0.3 is 0 Å². The topological polar surface area (TPSA) is 44.0 Å². The molecule has 1 rings (SSSR count). The molecule has 4 heteroatoms. The molecule has 0 aliphatic rings. The molecule has 102 valence electrons. The van der Waals surface area contributed by atoms with Crippen molar-refractivity contribution in [1.29, 1.82) is 0 Å². The molecule has 1 aromatic heterocycles. The first-order valence-corrected chi connectivity index (χ1v) is 6.20. The molecule has 0 aliphatic heterocycles. The monoisotopic (exact) mass is 252 g/mol. The maximum Gasteiger partial charge on any atom is 0.269 e. The summed E-state index contributed by atoms with van der Waals surface area (Å²) < 4.78 is 2.77. The van der Waals surface area contributed by atoms with Crippen LogP contribution in [0.15, 0.2) is 9.59 Å². The van der Waals surface area contributed by atoms with E-state index in [0.717, 1.165) is 0 Å². The van der Waals surface area contributed by atoms with Crippen molar-refractivity contribution in [3.8, 4) is 0 Å². The molecular weight excluding hydrogens is 228 g/mol. The van der Waals surface area contributed by atoms with E-state index in [1.54, 1.807) is 14.1 Å². The molecule has 0 N–H and O–H groups in total. The van der Waals surface area contributed by atoms with E-state index in [-0.39, 0.29) is 21.9 Å². The second kappa shape index (κ2) is 4.11. The molecule has 0 fully saturated rings. The van der Waals surface area contributed by atoms with Gasteiger partial charge in [0.1, 0.15) is 0 Å². The first-order chi connectivity index (χ1) is 7.89. The van der Waals surface area contributed by atoms with E-state index in [0.29, 0.717) is 11.1 Å². The van der Waals surface area contributed by atoms with Crippen molar-refractivity contribution in [1.82, 2.24) is 9.36 Å². The minimum Gasteiger partial charge on any atom is -0.268 e. The zero-order valence-electron chi connectivity index (χ0n) is 12.7. The minimum atomic E-state index is -0.342. The Morgan fingerprint density at radius 1 is 0.667 bits per heavy atom. The lowest BCUT2D eigenvalue weighted by Gasteiger charge is -2.29. The van der Waals surface area contributed by atoms with Crippen LogP contribution >= 0.6 is 0 Å². The van der Waals surface area contributed by atoms with Crippen LogP contribution in [0, 0.1) is 0 Å². The van der Waals surface area contributed by atoms with Crippen molar-refractivity contribution < 1.29 is 0 Å². The smallest absolute Gasteiger partial charge is 0.268 e. The third kappa shape index (κ3) is 2.28. The highest BCUT2D eigenvalue weighted by atomic mass is 16.2. The normalized spacial score (nSPS) is 12.9. The Morgan fingerprint density at radius 2 is 0.889 bits per heavy atom. The fraction of sp³-hybridized carbons (Fsp3) is 0.714. The molecule has 0 saturated carbocycles. The van der Waals surface area contributed by atoms with Gasteiger partial charge in [0.05, 0.1) is 0 Å². The van der Waals surface area contributed by atoms with Gasteiger partial charge in [0.15, 0.2) is 0 Å². The number of aromatic nitrogens is 2. The van der Waals surface area contributed by atoms with Crippen LogP contribution in [0.1, 0.15) is 52.7 Å². The molecule has 0 aliphatic carbocycles. The largest absolute Gasteiger partial charge is 0.269 e. The molecule has 0 amide bonds. The van der Waals surface area contributed by atoms with Crippen LogP contribution in [0.2, 0.25) is 0 Å². The van der Waals surface area contributed by atoms with E-state index in [2.05, 4.69) is 0 Å². The van der Waals surface area contributed by atoms with Crippen molar-refractivity contribution in [2.24, 2.45) is 14.1 Å². The molecule has 0 saturated heterocycles. The maximum absolute atomic E-state index is 12.5. The Labute approximate surface area is 108 Å². The Bertz CT molecular complexity index is 525. The zero-order chi connectivity index (χ0) is 14.5.